The van der Waals surface area contributed by atoms with Crippen LogP contribution >= 0.6 is 0 Å². The molecule has 0 fully saturated rings. The van der Waals surface area contributed by atoms with Gasteiger partial charge in [-0.1, -0.05) is 19.1 Å². The summed E-state index contributed by atoms with van der Waals surface area (Å²) in [7, 11) is -2.06. The van der Waals surface area contributed by atoms with Gasteiger partial charge in [0.2, 0.25) is 21.8 Å². The molecule has 0 spiro atoms. The monoisotopic (exact) mass is 507 g/mol. The van der Waals surface area contributed by atoms with Crippen LogP contribution in [-0.2, 0) is 26.2 Å². The topological polar surface area (TPSA) is 96.0 Å². The van der Waals surface area contributed by atoms with Gasteiger partial charge in [0.1, 0.15) is 17.6 Å². The van der Waals surface area contributed by atoms with Crippen LogP contribution < -0.4 is 14.4 Å². The van der Waals surface area contributed by atoms with Crippen LogP contribution in [0.1, 0.15) is 38.7 Å². The molecule has 0 radical (unpaired) electrons. The number of amides is 2. The summed E-state index contributed by atoms with van der Waals surface area (Å²) in [6.07, 6.45) is 2.16. The number of methoxy groups -OCH3 is 1. The fraction of sp³-hybridized carbons (Fsp3) is 0.440. The summed E-state index contributed by atoms with van der Waals surface area (Å²) in [4.78, 5) is 27.2. The molecule has 0 aromatic heterocycles. The second-order valence-electron chi connectivity index (χ2n) is 8.25. The summed E-state index contributed by atoms with van der Waals surface area (Å²) < 4.78 is 44.4. The van der Waals surface area contributed by atoms with Crippen molar-refractivity contribution in [2.24, 2.45) is 0 Å². The van der Waals surface area contributed by atoms with Crippen LogP contribution in [-0.4, -0.2) is 57.6 Å². The van der Waals surface area contributed by atoms with E-state index in [1.807, 2.05) is 6.92 Å². The molecule has 1 atom stereocenters. The highest BCUT2D eigenvalue weighted by Crippen LogP contribution is 2.22. The van der Waals surface area contributed by atoms with Crippen molar-refractivity contribution in [3.63, 3.8) is 0 Å². The quantitative estimate of drug-likeness (QED) is 0.449. The van der Waals surface area contributed by atoms with Crippen molar-refractivity contribution in [3.05, 3.63) is 59.9 Å². The molecular formula is C25H34FN3O5S. The molecule has 2 amide bonds. The average molecular weight is 508 g/mol. The third-order valence-electron chi connectivity index (χ3n) is 5.50. The molecule has 2 aromatic rings. The van der Waals surface area contributed by atoms with Crippen LogP contribution in [0.2, 0.25) is 0 Å². The van der Waals surface area contributed by atoms with E-state index in [1.54, 1.807) is 43.3 Å². The zero-order valence-electron chi connectivity index (χ0n) is 20.7. The lowest BCUT2D eigenvalue weighted by atomic mass is 10.1. The van der Waals surface area contributed by atoms with Gasteiger partial charge in [-0.2, -0.15) is 0 Å². The number of anilines is 1. The summed E-state index contributed by atoms with van der Waals surface area (Å²) in [6, 6.07) is 11.6. The van der Waals surface area contributed by atoms with Crippen molar-refractivity contribution in [1.29, 1.82) is 0 Å². The predicted molar refractivity (Wildman–Crippen MR) is 134 cm³/mol. The lowest BCUT2D eigenvalue weighted by molar-refractivity contribution is -0.140. The summed E-state index contributed by atoms with van der Waals surface area (Å²) in [6.45, 7) is 4.30. The number of nitrogens with zero attached hydrogens (tertiary/aromatic N) is 2. The van der Waals surface area contributed by atoms with Gasteiger partial charge in [0.25, 0.3) is 0 Å². The van der Waals surface area contributed by atoms with Gasteiger partial charge in [-0.05, 0) is 61.7 Å². The molecule has 0 aliphatic rings. The molecule has 1 unspecified atom stereocenters. The summed E-state index contributed by atoms with van der Waals surface area (Å²) in [5.74, 6) is -0.362. The van der Waals surface area contributed by atoms with E-state index in [1.165, 1.54) is 28.4 Å². The first-order valence-electron chi connectivity index (χ1n) is 11.5. The predicted octanol–water partition coefficient (Wildman–Crippen LogP) is 3.32. The highest BCUT2D eigenvalue weighted by atomic mass is 32.2. The van der Waals surface area contributed by atoms with Gasteiger partial charge in [0.15, 0.2) is 0 Å². The Kier molecular flexibility index (Phi) is 10.5. The van der Waals surface area contributed by atoms with Crippen molar-refractivity contribution in [1.82, 2.24) is 10.2 Å². The van der Waals surface area contributed by atoms with E-state index in [0.29, 0.717) is 23.5 Å². The molecule has 2 aromatic carbocycles. The van der Waals surface area contributed by atoms with Crippen molar-refractivity contribution in [2.45, 2.75) is 45.7 Å². The van der Waals surface area contributed by atoms with E-state index in [2.05, 4.69) is 5.32 Å². The first kappa shape index (κ1) is 28.1. The van der Waals surface area contributed by atoms with E-state index >= 15 is 0 Å². The fourth-order valence-corrected chi connectivity index (χ4v) is 4.48. The molecule has 192 valence electrons. The maximum atomic E-state index is 13.3. The number of halogens is 1. The molecule has 0 saturated heterocycles. The van der Waals surface area contributed by atoms with Crippen LogP contribution in [0.15, 0.2) is 48.5 Å². The van der Waals surface area contributed by atoms with Crippen LogP contribution in [0.5, 0.6) is 5.75 Å². The molecule has 2 rings (SSSR count). The van der Waals surface area contributed by atoms with Gasteiger partial charge in [-0.15, -0.1) is 0 Å². The van der Waals surface area contributed by atoms with Gasteiger partial charge >= 0.3 is 0 Å². The van der Waals surface area contributed by atoms with Crippen LogP contribution in [0.4, 0.5) is 10.1 Å². The first-order valence-corrected chi connectivity index (χ1v) is 13.3. The normalized spacial score (nSPS) is 12.0. The van der Waals surface area contributed by atoms with Gasteiger partial charge in [-0.25, -0.2) is 12.8 Å². The summed E-state index contributed by atoms with van der Waals surface area (Å²) in [5, 5.41) is 2.80. The standard InChI is InChI=1S/C25H34FN3O5S/c1-5-16-27-25(31)19(2)28(18-20-8-10-21(26)11-9-20)24(30)7-6-17-29(35(4,32)33)22-12-14-23(34-3)15-13-22/h8-15,19H,5-7,16-18H2,1-4H3,(H,27,31). The van der Waals surface area contributed by atoms with Crippen LogP contribution in [0.25, 0.3) is 0 Å². The van der Waals surface area contributed by atoms with Gasteiger partial charge in [-0.3, -0.25) is 13.9 Å². The third kappa shape index (κ3) is 8.54. The number of hydrogen-bond acceptors (Lipinski definition) is 5. The Morgan fingerprint density at radius 1 is 1.09 bits per heavy atom. The Balaban J connectivity index is 2.14. The molecule has 35 heavy (non-hydrogen) atoms. The van der Waals surface area contributed by atoms with E-state index in [4.69, 9.17) is 4.74 Å². The Bertz CT molecular complexity index is 1080. The minimum atomic E-state index is -3.58. The smallest absolute Gasteiger partial charge is 0.242 e. The number of benzene rings is 2. The molecule has 0 bridgehead atoms. The zero-order valence-corrected chi connectivity index (χ0v) is 21.5. The van der Waals surface area contributed by atoms with Gasteiger partial charge in [0, 0.05) is 26.1 Å². The van der Waals surface area contributed by atoms with Gasteiger partial charge < -0.3 is 15.0 Å². The molecule has 0 saturated carbocycles. The van der Waals surface area contributed by atoms with E-state index in [0.717, 1.165) is 12.7 Å². The largest absolute Gasteiger partial charge is 0.497 e. The summed E-state index contributed by atoms with van der Waals surface area (Å²) >= 11 is 0. The van der Waals surface area contributed by atoms with Crippen LogP contribution in [0.3, 0.4) is 0 Å². The van der Waals surface area contributed by atoms with Crippen molar-refractivity contribution in [3.8, 4) is 5.75 Å². The Labute approximate surface area is 207 Å². The highest BCUT2D eigenvalue weighted by Gasteiger charge is 2.26. The summed E-state index contributed by atoms with van der Waals surface area (Å²) in [5.41, 5.74) is 1.15. The Hall–Kier alpha value is -3.14. The van der Waals surface area contributed by atoms with E-state index < -0.39 is 16.1 Å². The molecular weight excluding hydrogens is 473 g/mol. The molecule has 10 heteroatoms. The van der Waals surface area contributed by atoms with Crippen LogP contribution in [0, 0.1) is 5.82 Å². The number of rotatable bonds is 13. The van der Waals surface area contributed by atoms with E-state index in [9.17, 15) is 22.4 Å². The SMILES string of the molecule is CCCNC(=O)C(C)N(Cc1ccc(F)cc1)C(=O)CCCN(c1ccc(OC)cc1)S(C)(=O)=O. The number of nitrogens with one attached hydrogen (secondary N) is 1. The number of carbonyl (C=O) groups excluding carboxylic acids is 2. The molecule has 0 aliphatic carbocycles. The van der Waals surface area contributed by atoms with Crippen molar-refractivity contribution < 1.29 is 27.1 Å². The lowest BCUT2D eigenvalue weighted by Crippen LogP contribution is -2.47. The zero-order chi connectivity index (χ0) is 26.0. The Morgan fingerprint density at radius 3 is 2.26 bits per heavy atom. The number of hydrogen-bond donors (Lipinski definition) is 1. The lowest BCUT2D eigenvalue weighted by Gasteiger charge is -2.29. The first-order chi connectivity index (χ1) is 16.6. The van der Waals surface area contributed by atoms with Crippen molar-refractivity contribution in [2.75, 3.05) is 30.8 Å². The number of carbonyl (C=O) groups is 2. The molecule has 1 N–H and O–H groups in total. The number of sulfonamides is 1. The molecule has 0 aliphatic heterocycles. The fourth-order valence-electron chi connectivity index (χ4n) is 3.52. The molecule has 0 heterocycles. The number of ether oxygens (including phenoxy) is 1. The maximum absolute atomic E-state index is 13.3. The third-order valence-corrected chi connectivity index (χ3v) is 6.69. The minimum absolute atomic E-state index is 0.0365. The maximum Gasteiger partial charge on any atom is 0.242 e. The molecule has 8 nitrogen and oxygen atoms in total. The van der Waals surface area contributed by atoms with Crippen molar-refractivity contribution >= 4 is 27.5 Å². The highest BCUT2D eigenvalue weighted by molar-refractivity contribution is 7.92. The Morgan fingerprint density at radius 2 is 1.71 bits per heavy atom. The second-order valence-corrected chi connectivity index (χ2v) is 10.2. The van der Waals surface area contributed by atoms with Gasteiger partial charge in [0.05, 0.1) is 19.1 Å². The minimum Gasteiger partial charge on any atom is -0.497 e. The second kappa shape index (κ2) is 13.1. The average Bonchev–Trinajstić information content (AvgIpc) is 2.83. The van der Waals surface area contributed by atoms with E-state index in [-0.39, 0.29) is 43.6 Å².